The molecule has 0 aliphatic heterocycles. The number of esters is 1. The van der Waals surface area contributed by atoms with Crippen molar-refractivity contribution in [3.05, 3.63) is 29.3 Å². The Morgan fingerprint density at radius 2 is 1.77 bits per heavy atom. The number of rotatable bonds is 6. The molecule has 0 bridgehead atoms. The molecule has 0 radical (unpaired) electrons. The van der Waals surface area contributed by atoms with Crippen LogP contribution in [-0.2, 0) is 14.3 Å². The maximum Gasteiger partial charge on any atom is 0.344 e. The first kappa shape index (κ1) is 21.5. The van der Waals surface area contributed by atoms with Crippen LogP contribution in [0.2, 0.25) is 0 Å². The molecule has 0 aromatic heterocycles. The SMILES string of the molecule is Cc1ccc(C(C)C)c(OCC(=O)OCC(=O)NC(=O)NC(C)(C)C)c1. The van der Waals surface area contributed by atoms with Gasteiger partial charge in [0.15, 0.2) is 13.2 Å². The average Bonchev–Trinajstić information content (AvgIpc) is 2.48. The minimum absolute atomic E-state index is 0.244. The van der Waals surface area contributed by atoms with Gasteiger partial charge in [-0.1, -0.05) is 26.0 Å². The zero-order valence-electron chi connectivity index (χ0n) is 16.3. The number of imide groups is 1. The van der Waals surface area contributed by atoms with Gasteiger partial charge < -0.3 is 14.8 Å². The Kier molecular flexibility index (Phi) is 7.61. The van der Waals surface area contributed by atoms with Crippen LogP contribution in [0, 0.1) is 6.92 Å². The lowest BCUT2D eigenvalue weighted by Crippen LogP contribution is -2.49. The monoisotopic (exact) mass is 364 g/mol. The Bertz CT molecular complexity index is 662. The first-order valence-corrected chi connectivity index (χ1v) is 8.49. The van der Waals surface area contributed by atoms with Crippen LogP contribution in [0.5, 0.6) is 5.75 Å². The highest BCUT2D eigenvalue weighted by molar-refractivity contribution is 5.95. The molecule has 0 spiro atoms. The van der Waals surface area contributed by atoms with Gasteiger partial charge in [0.1, 0.15) is 5.75 Å². The van der Waals surface area contributed by atoms with Gasteiger partial charge in [-0.2, -0.15) is 0 Å². The fourth-order valence-electron chi connectivity index (χ4n) is 2.10. The number of carbonyl (C=O) groups excluding carboxylic acids is 3. The summed E-state index contributed by atoms with van der Waals surface area (Å²) in [6.07, 6.45) is 0. The molecule has 0 saturated carbocycles. The molecule has 0 aliphatic carbocycles. The lowest BCUT2D eigenvalue weighted by Gasteiger charge is -2.20. The molecule has 1 rings (SSSR count). The van der Waals surface area contributed by atoms with E-state index in [4.69, 9.17) is 9.47 Å². The first-order valence-electron chi connectivity index (χ1n) is 8.49. The second kappa shape index (κ2) is 9.22. The van der Waals surface area contributed by atoms with E-state index in [0.717, 1.165) is 11.1 Å². The van der Waals surface area contributed by atoms with Crippen molar-refractivity contribution in [1.82, 2.24) is 10.6 Å². The third kappa shape index (κ3) is 8.00. The highest BCUT2D eigenvalue weighted by Crippen LogP contribution is 2.27. The Balaban J connectivity index is 2.45. The summed E-state index contributed by atoms with van der Waals surface area (Å²) >= 11 is 0. The quantitative estimate of drug-likeness (QED) is 0.757. The number of hydrogen-bond donors (Lipinski definition) is 2. The number of amides is 3. The third-order valence-electron chi connectivity index (χ3n) is 3.24. The second-order valence-corrected chi connectivity index (χ2v) is 7.40. The zero-order chi connectivity index (χ0) is 19.9. The highest BCUT2D eigenvalue weighted by Gasteiger charge is 2.17. The molecular formula is C19H28N2O5. The molecule has 1 aromatic rings. The molecule has 1 aromatic carbocycles. The van der Waals surface area contributed by atoms with E-state index in [9.17, 15) is 14.4 Å². The Morgan fingerprint density at radius 1 is 1.12 bits per heavy atom. The van der Waals surface area contributed by atoms with Crippen molar-refractivity contribution < 1.29 is 23.9 Å². The fraction of sp³-hybridized carbons (Fsp3) is 0.526. The van der Waals surface area contributed by atoms with Gasteiger partial charge in [0.2, 0.25) is 0 Å². The summed E-state index contributed by atoms with van der Waals surface area (Å²) in [4.78, 5) is 34.9. The van der Waals surface area contributed by atoms with E-state index in [-0.39, 0.29) is 12.5 Å². The molecule has 0 heterocycles. The third-order valence-corrected chi connectivity index (χ3v) is 3.24. The smallest absolute Gasteiger partial charge is 0.344 e. The van der Waals surface area contributed by atoms with Crippen LogP contribution >= 0.6 is 0 Å². The first-order chi connectivity index (χ1) is 12.0. The van der Waals surface area contributed by atoms with Crippen molar-refractivity contribution in [2.24, 2.45) is 0 Å². The van der Waals surface area contributed by atoms with E-state index in [1.807, 2.05) is 39.0 Å². The van der Waals surface area contributed by atoms with E-state index in [2.05, 4.69) is 10.6 Å². The van der Waals surface area contributed by atoms with Crippen molar-refractivity contribution in [2.45, 2.75) is 53.0 Å². The average molecular weight is 364 g/mol. The van der Waals surface area contributed by atoms with Gasteiger partial charge in [-0.25, -0.2) is 9.59 Å². The molecule has 3 amide bonds. The van der Waals surface area contributed by atoms with Crippen molar-refractivity contribution in [2.75, 3.05) is 13.2 Å². The van der Waals surface area contributed by atoms with Crippen LogP contribution in [0.25, 0.3) is 0 Å². The van der Waals surface area contributed by atoms with Crippen LogP contribution in [0.1, 0.15) is 51.7 Å². The molecule has 0 unspecified atom stereocenters. The lowest BCUT2D eigenvalue weighted by atomic mass is 10.0. The molecule has 0 fully saturated rings. The van der Waals surface area contributed by atoms with Gasteiger partial charge in [0.05, 0.1) is 0 Å². The number of ether oxygens (including phenoxy) is 2. The number of hydrogen-bond acceptors (Lipinski definition) is 5. The number of carbonyl (C=O) groups is 3. The van der Waals surface area contributed by atoms with Gasteiger partial charge in [0.25, 0.3) is 5.91 Å². The summed E-state index contributed by atoms with van der Waals surface area (Å²) in [6, 6.07) is 5.15. The van der Waals surface area contributed by atoms with E-state index in [1.54, 1.807) is 20.8 Å². The van der Waals surface area contributed by atoms with E-state index in [1.165, 1.54) is 0 Å². The van der Waals surface area contributed by atoms with Crippen molar-refractivity contribution in [1.29, 1.82) is 0 Å². The normalized spacial score (nSPS) is 11.0. The highest BCUT2D eigenvalue weighted by atomic mass is 16.6. The maximum absolute atomic E-state index is 11.8. The van der Waals surface area contributed by atoms with E-state index in [0.29, 0.717) is 5.75 Å². The standard InChI is InChI=1S/C19H28N2O5/c1-12(2)14-8-7-13(3)9-15(14)25-11-17(23)26-10-16(22)20-18(24)21-19(4,5)6/h7-9,12H,10-11H2,1-6H3,(H2,20,21,22,24). The molecule has 26 heavy (non-hydrogen) atoms. The molecule has 2 N–H and O–H groups in total. The largest absolute Gasteiger partial charge is 0.482 e. The Hall–Kier alpha value is -2.57. The maximum atomic E-state index is 11.8. The van der Waals surface area contributed by atoms with Crippen molar-refractivity contribution >= 4 is 17.9 Å². The number of benzene rings is 1. The van der Waals surface area contributed by atoms with Crippen molar-refractivity contribution in [3.8, 4) is 5.75 Å². The molecule has 144 valence electrons. The Labute approximate surface area is 154 Å². The molecule has 0 saturated heterocycles. The van der Waals surface area contributed by atoms with Crippen molar-refractivity contribution in [3.63, 3.8) is 0 Å². The fourth-order valence-corrected chi connectivity index (χ4v) is 2.10. The van der Waals surface area contributed by atoms with Crippen LogP contribution in [0.4, 0.5) is 4.79 Å². The van der Waals surface area contributed by atoms with Crippen LogP contribution in [0.15, 0.2) is 18.2 Å². The van der Waals surface area contributed by atoms with E-state index >= 15 is 0 Å². The van der Waals surface area contributed by atoms with Gasteiger partial charge in [-0.15, -0.1) is 0 Å². The lowest BCUT2D eigenvalue weighted by molar-refractivity contribution is -0.150. The number of aryl methyl sites for hydroxylation is 1. The van der Waals surface area contributed by atoms with Crippen LogP contribution in [-0.4, -0.2) is 36.7 Å². The van der Waals surface area contributed by atoms with Gasteiger partial charge >= 0.3 is 12.0 Å². The predicted octanol–water partition coefficient (Wildman–Crippen LogP) is 2.66. The summed E-state index contributed by atoms with van der Waals surface area (Å²) in [5, 5.41) is 4.66. The summed E-state index contributed by atoms with van der Waals surface area (Å²) in [6.45, 7) is 10.5. The molecule has 0 aliphatic rings. The van der Waals surface area contributed by atoms with Gasteiger partial charge in [-0.05, 0) is 50.8 Å². The van der Waals surface area contributed by atoms with Crippen LogP contribution < -0.4 is 15.4 Å². The number of urea groups is 1. The summed E-state index contributed by atoms with van der Waals surface area (Å²) < 4.78 is 10.4. The minimum Gasteiger partial charge on any atom is -0.482 e. The minimum atomic E-state index is -0.710. The summed E-state index contributed by atoms with van der Waals surface area (Å²) in [7, 11) is 0. The zero-order valence-corrected chi connectivity index (χ0v) is 16.3. The topological polar surface area (TPSA) is 93.7 Å². The number of nitrogens with one attached hydrogen (secondary N) is 2. The van der Waals surface area contributed by atoms with Gasteiger partial charge in [-0.3, -0.25) is 10.1 Å². The van der Waals surface area contributed by atoms with E-state index < -0.39 is 30.1 Å². The summed E-state index contributed by atoms with van der Waals surface area (Å²) in [5.41, 5.74) is 1.53. The molecule has 7 heteroatoms. The molecule has 7 nitrogen and oxygen atoms in total. The molecule has 0 atom stereocenters. The second-order valence-electron chi connectivity index (χ2n) is 7.40. The predicted molar refractivity (Wildman–Crippen MR) is 98.1 cm³/mol. The summed E-state index contributed by atoms with van der Waals surface area (Å²) in [5.74, 6) is -0.536. The molecular weight excluding hydrogens is 336 g/mol. The van der Waals surface area contributed by atoms with Gasteiger partial charge in [0, 0.05) is 5.54 Å². The van der Waals surface area contributed by atoms with Crippen LogP contribution in [0.3, 0.4) is 0 Å². The Morgan fingerprint density at radius 3 is 2.35 bits per heavy atom.